The number of carbonyl (C=O) groups is 2. The van der Waals surface area contributed by atoms with Crippen LogP contribution in [0.15, 0.2) is 48.5 Å². The fraction of sp³-hybridized carbons (Fsp3) is 0.333. The van der Waals surface area contributed by atoms with Gasteiger partial charge in [0.2, 0.25) is 6.10 Å². The molecule has 1 saturated heterocycles. The number of nitro benzene ring substituents is 1. The minimum atomic E-state index is -1.13. The molecule has 8 heteroatoms. The van der Waals surface area contributed by atoms with Crippen LogP contribution < -0.4 is 4.90 Å². The van der Waals surface area contributed by atoms with E-state index in [-0.39, 0.29) is 11.3 Å². The van der Waals surface area contributed by atoms with Crippen molar-refractivity contribution in [1.82, 2.24) is 4.90 Å². The van der Waals surface area contributed by atoms with Crippen molar-refractivity contribution >= 4 is 23.3 Å². The highest BCUT2D eigenvalue weighted by atomic mass is 16.6. The van der Waals surface area contributed by atoms with Gasteiger partial charge >= 0.3 is 5.97 Å². The van der Waals surface area contributed by atoms with Crippen LogP contribution in [-0.4, -0.2) is 48.9 Å². The van der Waals surface area contributed by atoms with Crippen molar-refractivity contribution in [3.05, 3.63) is 69.8 Å². The maximum atomic E-state index is 12.7. The van der Waals surface area contributed by atoms with E-state index >= 15 is 0 Å². The van der Waals surface area contributed by atoms with E-state index in [1.165, 1.54) is 17.0 Å². The molecule has 29 heavy (non-hydrogen) atoms. The van der Waals surface area contributed by atoms with Crippen molar-refractivity contribution in [3.8, 4) is 0 Å². The van der Waals surface area contributed by atoms with Gasteiger partial charge in [0, 0.05) is 38.8 Å². The number of nitrogens with zero attached hydrogens (tertiary/aromatic N) is 3. The third kappa shape index (κ3) is 4.53. The summed E-state index contributed by atoms with van der Waals surface area (Å²) in [6.45, 7) is 1.50. The standard InChI is InChI=1S/C21H23N3O5/c1-22(2)20(25)19(15-8-4-3-5-9-15)29-21(26)16-10-11-17(18(14-16)24(27)28)23-12-6-7-13-23/h3-5,8-11,14,19H,6-7,12-13H2,1-2H3/t19-/m1/s1. The van der Waals surface area contributed by atoms with E-state index in [4.69, 9.17) is 4.74 Å². The van der Waals surface area contributed by atoms with E-state index in [0.29, 0.717) is 11.3 Å². The number of anilines is 1. The molecular weight excluding hydrogens is 374 g/mol. The monoisotopic (exact) mass is 397 g/mol. The number of carbonyl (C=O) groups excluding carboxylic acids is 2. The summed E-state index contributed by atoms with van der Waals surface area (Å²) in [6, 6.07) is 13.0. The highest BCUT2D eigenvalue weighted by molar-refractivity contribution is 5.94. The first-order chi connectivity index (χ1) is 13.9. The summed E-state index contributed by atoms with van der Waals surface area (Å²) < 4.78 is 5.48. The van der Waals surface area contributed by atoms with Gasteiger partial charge in [-0.1, -0.05) is 30.3 Å². The smallest absolute Gasteiger partial charge is 0.339 e. The number of amides is 1. The Morgan fingerprint density at radius 3 is 2.34 bits per heavy atom. The van der Waals surface area contributed by atoms with E-state index in [9.17, 15) is 19.7 Å². The van der Waals surface area contributed by atoms with Crippen LogP contribution in [0, 0.1) is 10.1 Å². The Hall–Kier alpha value is -3.42. The molecule has 1 heterocycles. The first kappa shape index (κ1) is 20.3. The van der Waals surface area contributed by atoms with Gasteiger partial charge in [-0.2, -0.15) is 0 Å². The Bertz CT molecular complexity index is 908. The number of ether oxygens (including phenoxy) is 1. The topological polar surface area (TPSA) is 93.0 Å². The van der Waals surface area contributed by atoms with Crippen molar-refractivity contribution in [2.45, 2.75) is 18.9 Å². The molecule has 152 valence electrons. The summed E-state index contributed by atoms with van der Waals surface area (Å²) >= 11 is 0. The zero-order valence-electron chi connectivity index (χ0n) is 16.4. The zero-order valence-corrected chi connectivity index (χ0v) is 16.4. The van der Waals surface area contributed by atoms with Crippen LogP contribution in [-0.2, 0) is 9.53 Å². The van der Waals surface area contributed by atoms with Crippen molar-refractivity contribution in [2.24, 2.45) is 0 Å². The van der Waals surface area contributed by atoms with Crippen LogP contribution in [0.5, 0.6) is 0 Å². The quantitative estimate of drug-likeness (QED) is 0.422. The maximum absolute atomic E-state index is 12.7. The van der Waals surface area contributed by atoms with Crippen molar-refractivity contribution in [3.63, 3.8) is 0 Å². The minimum Gasteiger partial charge on any atom is -0.444 e. The molecule has 0 radical (unpaired) electrons. The van der Waals surface area contributed by atoms with Crippen LogP contribution in [0.2, 0.25) is 0 Å². The highest BCUT2D eigenvalue weighted by Crippen LogP contribution is 2.32. The van der Waals surface area contributed by atoms with Gasteiger partial charge in [-0.25, -0.2) is 4.79 Å². The summed E-state index contributed by atoms with van der Waals surface area (Å²) in [5.41, 5.74) is 0.916. The third-order valence-corrected chi connectivity index (χ3v) is 4.85. The van der Waals surface area contributed by atoms with Gasteiger partial charge in [-0.05, 0) is 25.0 Å². The molecule has 2 aromatic carbocycles. The van der Waals surface area contributed by atoms with Crippen LogP contribution >= 0.6 is 0 Å². The van der Waals surface area contributed by atoms with E-state index in [2.05, 4.69) is 0 Å². The third-order valence-electron chi connectivity index (χ3n) is 4.85. The lowest BCUT2D eigenvalue weighted by molar-refractivity contribution is -0.384. The molecular formula is C21H23N3O5. The molecule has 1 aliphatic heterocycles. The van der Waals surface area contributed by atoms with Gasteiger partial charge in [-0.15, -0.1) is 0 Å². The lowest BCUT2D eigenvalue weighted by Gasteiger charge is -2.21. The molecule has 1 atom stereocenters. The van der Waals surface area contributed by atoms with Crippen molar-refractivity contribution in [2.75, 3.05) is 32.1 Å². The Morgan fingerprint density at radius 1 is 1.10 bits per heavy atom. The minimum absolute atomic E-state index is 0.0344. The molecule has 0 N–H and O–H groups in total. The SMILES string of the molecule is CN(C)C(=O)[C@H](OC(=O)c1ccc(N2CCCC2)c([N+](=O)[O-])c1)c1ccccc1. The second-order valence-electron chi connectivity index (χ2n) is 7.08. The largest absolute Gasteiger partial charge is 0.444 e. The van der Waals surface area contributed by atoms with Crippen LogP contribution in [0.3, 0.4) is 0 Å². The fourth-order valence-electron chi connectivity index (χ4n) is 3.32. The average Bonchev–Trinajstić information content (AvgIpc) is 3.26. The van der Waals surface area contributed by atoms with Gasteiger partial charge in [0.25, 0.3) is 11.6 Å². The van der Waals surface area contributed by atoms with Crippen LogP contribution in [0.25, 0.3) is 0 Å². The number of hydrogen-bond acceptors (Lipinski definition) is 6. The number of esters is 1. The first-order valence-corrected chi connectivity index (χ1v) is 9.39. The van der Waals surface area contributed by atoms with Gasteiger partial charge in [0.15, 0.2) is 0 Å². The molecule has 1 aliphatic rings. The predicted octanol–water partition coefficient (Wildman–Crippen LogP) is 3.18. The molecule has 0 aliphatic carbocycles. The van der Waals surface area contributed by atoms with Gasteiger partial charge in [0.05, 0.1) is 10.5 Å². The molecule has 2 aromatic rings. The maximum Gasteiger partial charge on any atom is 0.339 e. The van der Waals surface area contributed by atoms with E-state index in [1.807, 2.05) is 4.90 Å². The molecule has 3 rings (SSSR count). The summed E-state index contributed by atoms with van der Waals surface area (Å²) in [5.74, 6) is -1.18. The Kier molecular flexibility index (Phi) is 6.11. The number of benzene rings is 2. The molecule has 0 saturated carbocycles. The number of hydrogen-bond donors (Lipinski definition) is 0. The summed E-state index contributed by atoms with van der Waals surface area (Å²) in [7, 11) is 3.14. The number of rotatable bonds is 6. The zero-order chi connectivity index (χ0) is 21.0. The van der Waals surface area contributed by atoms with E-state index < -0.39 is 22.9 Å². The lowest BCUT2D eigenvalue weighted by atomic mass is 10.1. The first-order valence-electron chi connectivity index (χ1n) is 9.39. The molecule has 0 bridgehead atoms. The van der Waals surface area contributed by atoms with Crippen molar-refractivity contribution < 1.29 is 19.2 Å². The van der Waals surface area contributed by atoms with Crippen LogP contribution in [0.4, 0.5) is 11.4 Å². The van der Waals surface area contributed by atoms with E-state index in [0.717, 1.165) is 25.9 Å². The highest BCUT2D eigenvalue weighted by Gasteiger charge is 2.29. The molecule has 1 fully saturated rings. The fourth-order valence-corrected chi connectivity index (χ4v) is 3.32. The van der Waals surface area contributed by atoms with E-state index in [1.54, 1.807) is 50.5 Å². The molecule has 8 nitrogen and oxygen atoms in total. The van der Waals surface area contributed by atoms with Crippen LogP contribution in [0.1, 0.15) is 34.9 Å². The Balaban J connectivity index is 1.89. The molecule has 1 amide bonds. The Labute approximate surface area is 168 Å². The second-order valence-corrected chi connectivity index (χ2v) is 7.08. The number of likely N-dealkylation sites (N-methyl/N-ethyl adjacent to an activating group) is 1. The molecule has 0 aromatic heterocycles. The Morgan fingerprint density at radius 2 is 1.76 bits per heavy atom. The predicted molar refractivity (Wildman–Crippen MR) is 108 cm³/mol. The molecule has 0 spiro atoms. The van der Waals surface area contributed by atoms with Gasteiger partial charge in [-0.3, -0.25) is 14.9 Å². The summed E-state index contributed by atoms with van der Waals surface area (Å²) in [6.07, 6.45) is 0.828. The summed E-state index contributed by atoms with van der Waals surface area (Å²) in [5, 5.41) is 11.6. The van der Waals surface area contributed by atoms with Gasteiger partial charge < -0.3 is 14.5 Å². The average molecular weight is 397 g/mol. The normalized spacial score (nSPS) is 14.3. The second kappa shape index (κ2) is 8.72. The molecule has 0 unspecified atom stereocenters. The van der Waals surface area contributed by atoms with Gasteiger partial charge in [0.1, 0.15) is 5.69 Å². The number of nitro groups is 1. The van der Waals surface area contributed by atoms with Crippen molar-refractivity contribution in [1.29, 1.82) is 0 Å². The lowest BCUT2D eigenvalue weighted by Crippen LogP contribution is -2.31. The summed E-state index contributed by atoms with van der Waals surface area (Å²) in [4.78, 5) is 39.6.